The average Bonchev–Trinajstić information content (AvgIpc) is 3.24. The van der Waals surface area contributed by atoms with Crippen molar-refractivity contribution in [1.82, 2.24) is 15.3 Å². The Labute approximate surface area is 180 Å². The van der Waals surface area contributed by atoms with Crippen molar-refractivity contribution >= 4 is 22.9 Å². The van der Waals surface area contributed by atoms with E-state index >= 15 is 0 Å². The molecule has 1 heterocycles. The van der Waals surface area contributed by atoms with Crippen molar-refractivity contribution in [2.75, 3.05) is 13.7 Å². The van der Waals surface area contributed by atoms with Crippen molar-refractivity contribution in [2.24, 2.45) is 0 Å². The molecular weight excluding hydrogens is 431 g/mol. The van der Waals surface area contributed by atoms with Gasteiger partial charge in [-0.2, -0.15) is 0 Å². The Morgan fingerprint density at radius 1 is 1.25 bits per heavy atom. The minimum Gasteiger partial charge on any atom is -0.467 e. The highest BCUT2D eigenvalue weighted by atomic mass is 19.4. The molecule has 1 unspecified atom stereocenters. The van der Waals surface area contributed by atoms with E-state index in [9.17, 15) is 27.9 Å². The first kappa shape index (κ1) is 23.1. The summed E-state index contributed by atoms with van der Waals surface area (Å²) in [5.74, 6) is -1.77. The first-order valence-corrected chi connectivity index (χ1v) is 9.52. The number of amides is 1. The third-order valence-corrected chi connectivity index (χ3v) is 4.74. The summed E-state index contributed by atoms with van der Waals surface area (Å²) in [6.45, 7) is 1.04. The van der Waals surface area contributed by atoms with Crippen LogP contribution in [0.4, 0.5) is 13.2 Å². The van der Waals surface area contributed by atoms with E-state index in [1.165, 1.54) is 36.7 Å². The Hall–Kier alpha value is -3.60. The van der Waals surface area contributed by atoms with Gasteiger partial charge in [0, 0.05) is 11.1 Å². The summed E-state index contributed by atoms with van der Waals surface area (Å²) in [4.78, 5) is 31.5. The maximum Gasteiger partial charge on any atom is 0.573 e. The standard InChI is InChI=1S/C21H20F3N3O5/c1-3-11-6-12(4-5-17(11)32-21(22,23)24)14-7-13(8-15-18(14)26-10-25-15)19(29)27-16(9-28)20(30)31-2/h4-8,10,16,28H,3,9H2,1-2H3,(H,25,26)(H,27,29). The van der Waals surface area contributed by atoms with Gasteiger partial charge in [-0.05, 0) is 41.8 Å². The number of benzene rings is 2. The number of aromatic amines is 1. The van der Waals surface area contributed by atoms with E-state index in [0.717, 1.165) is 7.11 Å². The molecule has 1 amide bonds. The van der Waals surface area contributed by atoms with Crippen molar-refractivity contribution in [2.45, 2.75) is 25.7 Å². The molecule has 0 aliphatic carbocycles. The fraction of sp³-hybridized carbons (Fsp3) is 0.286. The SMILES string of the molecule is CCc1cc(-c2cc(C(=O)NC(CO)C(=O)OC)cc3[nH]cnc23)ccc1OC(F)(F)F. The van der Waals surface area contributed by atoms with E-state index in [0.29, 0.717) is 27.7 Å². The number of aliphatic hydroxyl groups excluding tert-OH is 1. The second-order valence-corrected chi connectivity index (χ2v) is 6.78. The molecule has 0 spiro atoms. The predicted octanol–water partition coefficient (Wildman–Crippen LogP) is 2.95. The molecule has 0 radical (unpaired) electrons. The lowest BCUT2D eigenvalue weighted by Gasteiger charge is -2.16. The second-order valence-electron chi connectivity index (χ2n) is 6.78. The van der Waals surface area contributed by atoms with Gasteiger partial charge in [-0.1, -0.05) is 13.0 Å². The molecule has 32 heavy (non-hydrogen) atoms. The van der Waals surface area contributed by atoms with Gasteiger partial charge in [0.05, 0.1) is 31.1 Å². The first-order chi connectivity index (χ1) is 15.2. The van der Waals surface area contributed by atoms with Crippen LogP contribution >= 0.6 is 0 Å². The van der Waals surface area contributed by atoms with Gasteiger partial charge >= 0.3 is 12.3 Å². The molecule has 0 saturated heterocycles. The van der Waals surface area contributed by atoms with E-state index in [2.05, 4.69) is 24.8 Å². The normalized spacial score (nSPS) is 12.4. The maximum absolute atomic E-state index is 12.7. The third-order valence-electron chi connectivity index (χ3n) is 4.74. The number of aromatic nitrogens is 2. The summed E-state index contributed by atoms with van der Waals surface area (Å²) < 4.78 is 46.6. The number of imidazole rings is 1. The predicted molar refractivity (Wildman–Crippen MR) is 108 cm³/mol. The molecule has 0 bridgehead atoms. The Kier molecular flexibility index (Phi) is 6.68. The van der Waals surface area contributed by atoms with Gasteiger partial charge in [-0.25, -0.2) is 9.78 Å². The van der Waals surface area contributed by atoms with Gasteiger partial charge in [0.1, 0.15) is 5.75 Å². The Morgan fingerprint density at radius 2 is 2.00 bits per heavy atom. The fourth-order valence-electron chi connectivity index (χ4n) is 3.21. The second kappa shape index (κ2) is 9.27. The number of nitrogens with zero attached hydrogens (tertiary/aromatic N) is 1. The summed E-state index contributed by atoms with van der Waals surface area (Å²) in [6.07, 6.45) is -3.12. The van der Waals surface area contributed by atoms with Gasteiger partial charge in [0.2, 0.25) is 0 Å². The molecule has 0 fully saturated rings. The van der Waals surface area contributed by atoms with Gasteiger partial charge < -0.3 is 24.9 Å². The van der Waals surface area contributed by atoms with Crippen LogP contribution in [-0.4, -0.2) is 53.1 Å². The summed E-state index contributed by atoms with van der Waals surface area (Å²) in [7, 11) is 1.13. The number of carbonyl (C=O) groups excluding carboxylic acids is 2. The summed E-state index contributed by atoms with van der Waals surface area (Å²) in [5, 5.41) is 11.7. The van der Waals surface area contributed by atoms with E-state index in [-0.39, 0.29) is 17.7 Å². The molecule has 1 aromatic heterocycles. The summed E-state index contributed by atoms with van der Waals surface area (Å²) >= 11 is 0. The minimum atomic E-state index is -4.82. The van der Waals surface area contributed by atoms with Crippen molar-refractivity contribution < 1.29 is 37.3 Å². The number of H-pyrrole nitrogens is 1. The first-order valence-electron chi connectivity index (χ1n) is 9.52. The number of hydrogen-bond donors (Lipinski definition) is 3. The highest BCUT2D eigenvalue weighted by molar-refractivity contribution is 6.03. The number of fused-ring (bicyclic) bond motifs is 1. The minimum absolute atomic E-state index is 0.146. The van der Waals surface area contributed by atoms with Crippen LogP contribution in [-0.2, 0) is 16.0 Å². The highest BCUT2D eigenvalue weighted by Crippen LogP contribution is 2.34. The largest absolute Gasteiger partial charge is 0.573 e. The molecular formula is C21H20F3N3O5. The molecule has 0 saturated carbocycles. The lowest BCUT2D eigenvalue weighted by molar-refractivity contribution is -0.274. The Morgan fingerprint density at radius 3 is 2.62 bits per heavy atom. The highest BCUT2D eigenvalue weighted by Gasteiger charge is 2.32. The number of alkyl halides is 3. The molecule has 3 aromatic rings. The monoisotopic (exact) mass is 451 g/mol. The fourth-order valence-corrected chi connectivity index (χ4v) is 3.21. The smallest absolute Gasteiger partial charge is 0.467 e. The van der Waals surface area contributed by atoms with E-state index in [1.807, 2.05) is 0 Å². The third kappa shape index (κ3) is 4.99. The maximum atomic E-state index is 12.7. The molecule has 2 aromatic carbocycles. The number of aliphatic hydroxyl groups is 1. The van der Waals surface area contributed by atoms with Crippen LogP contribution in [0.2, 0.25) is 0 Å². The Bertz CT molecular complexity index is 1140. The van der Waals surface area contributed by atoms with Gasteiger partial charge in [0.15, 0.2) is 6.04 Å². The quantitative estimate of drug-likeness (QED) is 0.476. The number of halogens is 3. The average molecular weight is 451 g/mol. The number of ether oxygens (including phenoxy) is 2. The van der Waals surface area contributed by atoms with Crippen LogP contribution in [0.3, 0.4) is 0 Å². The van der Waals surface area contributed by atoms with Gasteiger partial charge in [0.25, 0.3) is 5.91 Å². The van der Waals surface area contributed by atoms with Crippen LogP contribution in [0.5, 0.6) is 5.75 Å². The van der Waals surface area contributed by atoms with Crippen molar-refractivity contribution in [1.29, 1.82) is 0 Å². The zero-order chi connectivity index (χ0) is 23.5. The van der Waals surface area contributed by atoms with Crippen LogP contribution in [0.25, 0.3) is 22.2 Å². The molecule has 0 aliphatic rings. The van der Waals surface area contributed by atoms with Gasteiger partial charge in [-0.15, -0.1) is 13.2 Å². The van der Waals surface area contributed by atoms with Crippen LogP contribution in [0.1, 0.15) is 22.8 Å². The number of rotatable bonds is 7. The molecule has 170 valence electrons. The molecule has 3 N–H and O–H groups in total. The van der Waals surface area contributed by atoms with E-state index in [4.69, 9.17) is 0 Å². The van der Waals surface area contributed by atoms with Crippen LogP contribution in [0.15, 0.2) is 36.7 Å². The molecule has 11 heteroatoms. The molecule has 3 rings (SSSR count). The zero-order valence-electron chi connectivity index (χ0n) is 17.1. The topological polar surface area (TPSA) is 114 Å². The van der Waals surface area contributed by atoms with Crippen LogP contribution in [0, 0.1) is 0 Å². The van der Waals surface area contributed by atoms with Gasteiger partial charge in [-0.3, -0.25) is 4.79 Å². The van der Waals surface area contributed by atoms with E-state index < -0.39 is 30.9 Å². The summed E-state index contributed by atoms with van der Waals surface area (Å²) in [5.41, 5.74) is 2.48. The van der Waals surface area contributed by atoms with Crippen molar-refractivity contribution in [3.8, 4) is 16.9 Å². The number of aryl methyl sites for hydroxylation is 1. The summed E-state index contributed by atoms with van der Waals surface area (Å²) in [6, 6.07) is 5.95. The number of carbonyl (C=O) groups is 2. The number of hydrogen-bond acceptors (Lipinski definition) is 6. The lowest BCUT2D eigenvalue weighted by Crippen LogP contribution is -2.44. The van der Waals surface area contributed by atoms with Crippen molar-refractivity contribution in [3.63, 3.8) is 0 Å². The number of esters is 1. The van der Waals surface area contributed by atoms with E-state index in [1.54, 1.807) is 6.92 Å². The molecule has 0 aliphatic heterocycles. The lowest BCUT2D eigenvalue weighted by atomic mass is 9.97. The number of nitrogens with one attached hydrogen (secondary N) is 2. The van der Waals surface area contributed by atoms with Crippen LogP contribution < -0.4 is 10.1 Å². The Balaban J connectivity index is 2.03. The zero-order valence-corrected chi connectivity index (χ0v) is 17.1. The molecule has 8 nitrogen and oxygen atoms in total. The van der Waals surface area contributed by atoms with Crippen molar-refractivity contribution in [3.05, 3.63) is 47.8 Å². The molecule has 1 atom stereocenters. The number of methoxy groups -OCH3 is 1.